The number of rotatable bonds is 8. The first-order valence-electron chi connectivity index (χ1n) is 8.89. The molecule has 0 radical (unpaired) electrons. The second kappa shape index (κ2) is 9.33. The van der Waals surface area contributed by atoms with E-state index in [0.717, 1.165) is 24.2 Å². The molecule has 138 valence electrons. The molecule has 0 amide bonds. The van der Waals surface area contributed by atoms with Gasteiger partial charge in [-0.1, -0.05) is 0 Å². The van der Waals surface area contributed by atoms with E-state index in [1.165, 1.54) is 24.2 Å². The molecule has 1 aromatic heterocycles. The number of thiazole rings is 1. The fourth-order valence-corrected chi connectivity index (χ4v) is 3.45. The lowest BCUT2D eigenvalue weighted by atomic mass is 10.2. The first-order valence-corrected chi connectivity index (χ1v) is 9.76. The van der Waals surface area contributed by atoms with E-state index in [1.54, 1.807) is 13.1 Å². The smallest absolute Gasteiger partial charge is 0.311 e. The quantitative estimate of drug-likeness (QED) is 0.430. The van der Waals surface area contributed by atoms with Crippen molar-refractivity contribution in [2.45, 2.75) is 45.1 Å². The molecular formula is C19H23N3O3S. The van der Waals surface area contributed by atoms with Crippen molar-refractivity contribution < 1.29 is 14.3 Å². The van der Waals surface area contributed by atoms with Crippen LogP contribution in [0, 0.1) is 0 Å². The van der Waals surface area contributed by atoms with Crippen LogP contribution < -0.4 is 10.2 Å². The van der Waals surface area contributed by atoms with Gasteiger partial charge in [-0.05, 0) is 62.4 Å². The summed E-state index contributed by atoms with van der Waals surface area (Å²) in [6.07, 6.45) is 7.10. The maximum atomic E-state index is 11.4. The molecule has 1 fully saturated rings. The molecule has 26 heavy (non-hydrogen) atoms. The molecule has 0 aliphatic heterocycles. The van der Waals surface area contributed by atoms with Gasteiger partial charge in [-0.3, -0.25) is 10.2 Å². The third-order valence-electron chi connectivity index (χ3n) is 4.04. The minimum absolute atomic E-state index is 0.179. The van der Waals surface area contributed by atoms with E-state index in [2.05, 4.69) is 15.5 Å². The first-order chi connectivity index (χ1) is 12.7. The van der Waals surface area contributed by atoms with Crippen molar-refractivity contribution in [3.63, 3.8) is 0 Å². The van der Waals surface area contributed by atoms with Gasteiger partial charge in [-0.2, -0.15) is 5.10 Å². The SMILES string of the molecule is CCOC(=O)Cc1csc(NN=Cc2ccc(OC3CCCC3)cc2)n1. The highest BCUT2D eigenvalue weighted by Crippen LogP contribution is 2.24. The number of esters is 1. The summed E-state index contributed by atoms with van der Waals surface area (Å²) in [4.78, 5) is 15.7. The standard InChI is InChI=1S/C19H23N3O3S/c1-2-24-18(23)11-15-13-26-19(21-15)22-20-12-14-7-9-17(10-8-14)25-16-5-3-4-6-16/h7-10,12-13,16H,2-6,11H2,1H3,(H,21,22). The second-order valence-corrected chi connectivity index (χ2v) is 6.95. The zero-order valence-electron chi connectivity index (χ0n) is 14.8. The van der Waals surface area contributed by atoms with Crippen molar-refractivity contribution in [2.75, 3.05) is 12.0 Å². The lowest BCUT2D eigenvalue weighted by molar-refractivity contribution is -0.142. The van der Waals surface area contributed by atoms with Crippen LogP contribution in [-0.2, 0) is 16.0 Å². The summed E-state index contributed by atoms with van der Waals surface area (Å²) in [5, 5.41) is 6.65. The van der Waals surface area contributed by atoms with E-state index in [-0.39, 0.29) is 12.4 Å². The number of nitrogens with zero attached hydrogens (tertiary/aromatic N) is 2. The Bertz CT molecular complexity index is 737. The van der Waals surface area contributed by atoms with Gasteiger partial charge in [0.25, 0.3) is 0 Å². The van der Waals surface area contributed by atoms with Crippen molar-refractivity contribution in [3.05, 3.63) is 40.9 Å². The highest BCUT2D eigenvalue weighted by molar-refractivity contribution is 7.13. The minimum atomic E-state index is -0.271. The van der Waals surface area contributed by atoms with Crippen LogP contribution in [0.25, 0.3) is 0 Å². The Balaban J connectivity index is 1.47. The Kier molecular flexibility index (Phi) is 6.60. The molecule has 0 atom stereocenters. The van der Waals surface area contributed by atoms with Gasteiger partial charge in [-0.15, -0.1) is 11.3 Å². The van der Waals surface area contributed by atoms with Crippen LogP contribution in [0.15, 0.2) is 34.7 Å². The molecule has 1 aliphatic carbocycles. The van der Waals surface area contributed by atoms with Crippen LogP contribution in [0.1, 0.15) is 43.9 Å². The summed E-state index contributed by atoms with van der Waals surface area (Å²) in [7, 11) is 0. The van der Waals surface area contributed by atoms with Crippen molar-refractivity contribution in [1.82, 2.24) is 4.98 Å². The van der Waals surface area contributed by atoms with Gasteiger partial charge in [0, 0.05) is 5.38 Å². The molecule has 6 nitrogen and oxygen atoms in total. The number of carbonyl (C=O) groups excluding carboxylic acids is 1. The molecule has 1 heterocycles. The van der Waals surface area contributed by atoms with Crippen LogP contribution in [0.3, 0.4) is 0 Å². The molecule has 1 aliphatic rings. The van der Waals surface area contributed by atoms with Gasteiger partial charge in [0.1, 0.15) is 5.75 Å². The average Bonchev–Trinajstić information content (AvgIpc) is 3.29. The van der Waals surface area contributed by atoms with Gasteiger partial charge in [0.15, 0.2) is 0 Å². The van der Waals surface area contributed by atoms with Crippen LogP contribution in [0.4, 0.5) is 5.13 Å². The number of anilines is 1. The molecule has 3 rings (SSSR count). The van der Waals surface area contributed by atoms with Crippen LogP contribution in [0.2, 0.25) is 0 Å². The van der Waals surface area contributed by atoms with Gasteiger partial charge in [-0.25, -0.2) is 4.98 Å². The molecule has 0 saturated heterocycles. The monoisotopic (exact) mass is 373 g/mol. The van der Waals surface area contributed by atoms with Crippen LogP contribution in [-0.4, -0.2) is 29.9 Å². The van der Waals surface area contributed by atoms with Gasteiger partial charge < -0.3 is 9.47 Å². The van der Waals surface area contributed by atoms with Crippen molar-refractivity contribution >= 4 is 28.7 Å². The number of nitrogens with one attached hydrogen (secondary N) is 1. The predicted octanol–water partition coefficient (Wildman–Crippen LogP) is 4.02. The van der Waals surface area contributed by atoms with E-state index >= 15 is 0 Å². The molecule has 7 heteroatoms. The lowest BCUT2D eigenvalue weighted by Crippen LogP contribution is -2.10. The van der Waals surface area contributed by atoms with E-state index in [9.17, 15) is 4.79 Å². The van der Waals surface area contributed by atoms with E-state index in [0.29, 0.717) is 23.5 Å². The Labute approximate surface area is 157 Å². The zero-order chi connectivity index (χ0) is 18.2. The number of carbonyl (C=O) groups is 1. The van der Waals surface area contributed by atoms with E-state index < -0.39 is 0 Å². The summed E-state index contributed by atoms with van der Waals surface area (Å²) < 4.78 is 10.9. The first kappa shape index (κ1) is 18.4. The Morgan fingerprint density at radius 2 is 2.12 bits per heavy atom. The Hall–Kier alpha value is -2.41. The summed E-state index contributed by atoms with van der Waals surface area (Å²) in [5.41, 5.74) is 4.54. The van der Waals surface area contributed by atoms with Crippen molar-refractivity contribution in [3.8, 4) is 5.75 Å². The fourth-order valence-electron chi connectivity index (χ4n) is 2.79. The summed E-state index contributed by atoms with van der Waals surface area (Å²) in [6.45, 7) is 2.16. The number of aromatic nitrogens is 1. The summed E-state index contributed by atoms with van der Waals surface area (Å²) >= 11 is 1.40. The predicted molar refractivity (Wildman–Crippen MR) is 103 cm³/mol. The molecule has 1 aromatic carbocycles. The average molecular weight is 373 g/mol. The highest BCUT2D eigenvalue weighted by Gasteiger charge is 2.16. The van der Waals surface area contributed by atoms with Crippen LogP contribution >= 0.6 is 11.3 Å². The van der Waals surface area contributed by atoms with Gasteiger partial charge in [0.05, 0.1) is 31.0 Å². The van der Waals surface area contributed by atoms with Crippen molar-refractivity contribution in [1.29, 1.82) is 0 Å². The maximum absolute atomic E-state index is 11.4. The number of hydrogen-bond donors (Lipinski definition) is 1. The van der Waals surface area contributed by atoms with Gasteiger partial charge in [0.2, 0.25) is 5.13 Å². The topological polar surface area (TPSA) is 72.8 Å². The number of hydrogen-bond acceptors (Lipinski definition) is 7. The normalized spacial score (nSPS) is 14.7. The molecular weight excluding hydrogens is 350 g/mol. The molecule has 2 aromatic rings. The highest BCUT2D eigenvalue weighted by atomic mass is 32.1. The fraction of sp³-hybridized carbons (Fsp3) is 0.421. The van der Waals surface area contributed by atoms with Crippen molar-refractivity contribution in [2.24, 2.45) is 5.10 Å². The Morgan fingerprint density at radius 3 is 2.85 bits per heavy atom. The molecule has 0 unspecified atom stereocenters. The molecule has 0 bridgehead atoms. The van der Waals surface area contributed by atoms with E-state index in [4.69, 9.17) is 9.47 Å². The number of ether oxygens (including phenoxy) is 2. The minimum Gasteiger partial charge on any atom is -0.490 e. The summed E-state index contributed by atoms with van der Waals surface area (Å²) in [5.74, 6) is 0.637. The largest absolute Gasteiger partial charge is 0.490 e. The van der Waals surface area contributed by atoms with E-state index in [1.807, 2.05) is 29.6 Å². The summed E-state index contributed by atoms with van der Waals surface area (Å²) in [6, 6.07) is 7.90. The lowest BCUT2D eigenvalue weighted by Gasteiger charge is -2.12. The van der Waals surface area contributed by atoms with Crippen LogP contribution in [0.5, 0.6) is 5.75 Å². The second-order valence-electron chi connectivity index (χ2n) is 6.09. The van der Waals surface area contributed by atoms with Gasteiger partial charge >= 0.3 is 5.97 Å². The molecule has 0 spiro atoms. The third-order valence-corrected chi connectivity index (χ3v) is 4.84. The number of hydrazone groups is 1. The molecule has 1 saturated carbocycles. The number of benzene rings is 1. The zero-order valence-corrected chi connectivity index (χ0v) is 15.6. The Morgan fingerprint density at radius 1 is 1.35 bits per heavy atom. The molecule has 1 N–H and O–H groups in total. The third kappa shape index (κ3) is 5.56. The maximum Gasteiger partial charge on any atom is 0.311 e.